The molecule has 8 nitrogen and oxygen atoms in total. The van der Waals surface area contributed by atoms with Gasteiger partial charge in [-0.2, -0.15) is 10.1 Å². The second-order valence-electron chi connectivity index (χ2n) is 11.6. The quantitative estimate of drug-likeness (QED) is 0.369. The van der Waals surface area contributed by atoms with Crippen LogP contribution in [0.1, 0.15) is 65.1 Å². The van der Waals surface area contributed by atoms with E-state index in [1.807, 2.05) is 6.92 Å². The number of anilines is 1. The largest absolute Gasteiger partial charge is 0.342 e. The third-order valence-corrected chi connectivity index (χ3v) is 9.58. The topological polar surface area (TPSA) is 117 Å². The summed E-state index contributed by atoms with van der Waals surface area (Å²) in [6, 6.07) is 8.62. The number of rotatable bonds is 2. The van der Waals surface area contributed by atoms with Crippen molar-refractivity contribution in [3.63, 3.8) is 0 Å². The van der Waals surface area contributed by atoms with Crippen LogP contribution in [0.2, 0.25) is 0 Å². The highest BCUT2D eigenvalue weighted by Crippen LogP contribution is 2.51. The molecule has 190 valence electrons. The molecule has 1 unspecified atom stereocenters. The molecule has 37 heavy (non-hydrogen) atoms. The number of H-pyrrole nitrogens is 2. The van der Waals surface area contributed by atoms with Gasteiger partial charge in [-0.05, 0) is 54.6 Å². The standard InChI is InChI=1S/C28H31N7OS/c1-15-30-19-14-27(2,3)13-18(22(19)37-15)21-20-24(34-33-21)31-26(32-25(20)36)35-10-8-28(9-11-35)12-16-6-4-5-7-17(16)23(28)29/h4-7,13,23H,8-12,14,29H2,1-3H3,(H2,31,32,33,34,36). The number of hydrogen-bond acceptors (Lipinski definition) is 7. The average Bonchev–Trinajstić information content (AvgIpc) is 3.53. The Morgan fingerprint density at radius 3 is 2.70 bits per heavy atom. The van der Waals surface area contributed by atoms with Crippen LogP contribution in [0, 0.1) is 17.8 Å². The van der Waals surface area contributed by atoms with Gasteiger partial charge in [0.15, 0.2) is 5.65 Å². The van der Waals surface area contributed by atoms with Crippen molar-refractivity contribution in [2.24, 2.45) is 16.6 Å². The lowest BCUT2D eigenvalue weighted by molar-refractivity contribution is 0.187. The molecule has 4 aromatic rings. The number of hydrogen-bond donors (Lipinski definition) is 3. The van der Waals surface area contributed by atoms with Crippen molar-refractivity contribution in [1.82, 2.24) is 25.1 Å². The van der Waals surface area contributed by atoms with Gasteiger partial charge in [0.05, 0.1) is 15.6 Å². The van der Waals surface area contributed by atoms with E-state index in [9.17, 15) is 4.79 Å². The van der Waals surface area contributed by atoms with E-state index < -0.39 is 0 Å². The van der Waals surface area contributed by atoms with E-state index in [1.165, 1.54) is 11.1 Å². The van der Waals surface area contributed by atoms with Crippen molar-refractivity contribution in [3.8, 4) is 0 Å². The second kappa shape index (κ2) is 7.85. The highest BCUT2D eigenvalue weighted by molar-refractivity contribution is 7.13. The molecule has 0 saturated carbocycles. The smallest absolute Gasteiger partial charge is 0.264 e. The van der Waals surface area contributed by atoms with Crippen LogP contribution in [-0.4, -0.2) is 38.2 Å². The van der Waals surface area contributed by atoms with Crippen molar-refractivity contribution in [2.45, 2.75) is 52.5 Å². The van der Waals surface area contributed by atoms with Gasteiger partial charge in [-0.15, -0.1) is 11.3 Å². The predicted octanol–water partition coefficient (Wildman–Crippen LogP) is 4.27. The number of aryl methyl sites for hydroxylation is 1. The molecule has 1 aromatic carbocycles. The zero-order chi connectivity index (χ0) is 25.5. The lowest BCUT2D eigenvalue weighted by Gasteiger charge is -2.42. The van der Waals surface area contributed by atoms with E-state index in [2.05, 4.69) is 64.3 Å². The molecule has 1 aliphatic heterocycles. The summed E-state index contributed by atoms with van der Waals surface area (Å²) in [7, 11) is 0. The Labute approximate surface area is 219 Å². The first-order valence-corrected chi connectivity index (χ1v) is 13.8. The van der Waals surface area contributed by atoms with Crippen molar-refractivity contribution < 1.29 is 0 Å². The second-order valence-corrected chi connectivity index (χ2v) is 12.8. The van der Waals surface area contributed by atoms with E-state index in [1.54, 1.807) is 11.3 Å². The molecule has 0 radical (unpaired) electrons. The minimum absolute atomic E-state index is 0.0591. The molecular formula is C28H31N7OS. The first-order valence-electron chi connectivity index (χ1n) is 13.0. The summed E-state index contributed by atoms with van der Waals surface area (Å²) < 4.78 is 0. The summed E-state index contributed by atoms with van der Waals surface area (Å²) >= 11 is 1.66. The molecule has 0 amide bonds. The predicted molar refractivity (Wildman–Crippen MR) is 147 cm³/mol. The number of allylic oxidation sites excluding steroid dienone is 1. The van der Waals surface area contributed by atoms with E-state index in [4.69, 9.17) is 15.7 Å². The molecule has 1 spiro atoms. The normalized spacial score (nSPS) is 21.8. The van der Waals surface area contributed by atoms with Gasteiger partial charge in [0.25, 0.3) is 5.56 Å². The van der Waals surface area contributed by atoms with Crippen LogP contribution in [0.15, 0.2) is 35.1 Å². The van der Waals surface area contributed by atoms with Gasteiger partial charge < -0.3 is 10.6 Å². The molecule has 9 heteroatoms. The monoisotopic (exact) mass is 513 g/mol. The van der Waals surface area contributed by atoms with E-state index in [-0.39, 0.29) is 22.4 Å². The van der Waals surface area contributed by atoms with Gasteiger partial charge >= 0.3 is 0 Å². The summed E-state index contributed by atoms with van der Waals surface area (Å²) in [5.74, 6) is 0.596. The third-order valence-electron chi connectivity index (χ3n) is 8.53. The van der Waals surface area contributed by atoms with Gasteiger partial charge in [-0.25, -0.2) is 4.98 Å². The SMILES string of the molecule is Cc1nc2c(s1)C(c1n[nH]c3nc(N4CCC5(CC4)Cc4ccccc4C5N)[nH]c(=O)c13)=CC(C)(C)C2. The van der Waals surface area contributed by atoms with Gasteiger partial charge in [0.2, 0.25) is 5.95 Å². The Morgan fingerprint density at radius 2 is 1.92 bits per heavy atom. The number of nitrogens with two attached hydrogens (primary N) is 1. The third kappa shape index (κ3) is 3.51. The Hall–Kier alpha value is -3.30. The fraction of sp³-hybridized carbons (Fsp3) is 0.429. The molecule has 1 saturated heterocycles. The number of fused-ring (bicyclic) bond motifs is 3. The van der Waals surface area contributed by atoms with Crippen LogP contribution in [-0.2, 0) is 12.8 Å². The van der Waals surface area contributed by atoms with Crippen LogP contribution >= 0.6 is 11.3 Å². The molecule has 3 aliphatic rings. The zero-order valence-corrected chi connectivity index (χ0v) is 22.2. The van der Waals surface area contributed by atoms with Crippen LogP contribution in [0.3, 0.4) is 0 Å². The van der Waals surface area contributed by atoms with Crippen molar-refractivity contribution in [2.75, 3.05) is 18.0 Å². The first-order chi connectivity index (χ1) is 17.7. The number of piperidine rings is 1. The maximum atomic E-state index is 13.5. The number of benzene rings is 1. The van der Waals surface area contributed by atoms with Gasteiger partial charge in [0, 0.05) is 24.7 Å². The molecular weight excluding hydrogens is 482 g/mol. The Bertz CT molecular complexity index is 1630. The van der Waals surface area contributed by atoms with Crippen LogP contribution in [0.25, 0.3) is 16.6 Å². The molecule has 0 bridgehead atoms. The highest BCUT2D eigenvalue weighted by atomic mass is 32.1. The number of aromatic nitrogens is 5. The van der Waals surface area contributed by atoms with Gasteiger partial charge in [-0.3, -0.25) is 14.9 Å². The summed E-state index contributed by atoms with van der Waals surface area (Å²) in [5, 5.41) is 9.18. The molecule has 3 aromatic heterocycles. The molecule has 2 aliphatic carbocycles. The zero-order valence-electron chi connectivity index (χ0n) is 21.4. The van der Waals surface area contributed by atoms with Crippen molar-refractivity contribution in [3.05, 3.63) is 73.1 Å². The lowest BCUT2D eigenvalue weighted by Crippen LogP contribution is -2.45. The Balaban J connectivity index is 1.20. The van der Waals surface area contributed by atoms with E-state index in [0.717, 1.165) is 59.9 Å². The average molecular weight is 514 g/mol. The maximum Gasteiger partial charge on any atom is 0.264 e. The summed E-state index contributed by atoms with van der Waals surface area (Å²) in [4.78, 5) is 29.4. The Morgan fingerprint density at radius 1 is 1.14 bits per heavy atom. The summed E-state index contributed by atoms with van der Waals surface area (Å²) in [5.41, 5.74) is 12.5. The van der Waals surface area contributed by atoms with Crippen molar-refractivity contribution in [1.29, 1.82) is 0 Å². The molecule has 1 fully saturated rings. The van der Waals surface area contributed by atoms with Crippen LogP contribution < -0.4 is 16.2 Å². The van der Waals surface area contributed by atoms with E-state index >= 15 is 0 Å². The minimum Gasteiger partial charge on any atom is -0.342 e. The van der Waals surface area contributed by atoms with Gasteiger partial charge in [-0.1, -0.05) is 44.2 Å². The molecule has 4 N–H and O–H groups in total. The molecule has 7 rings (SSSR count). The van der Waals surface area contributed by atoms with Crippen LogP contribution in [0.4, 0.5) is 5.95 Å². The summed E-state index contributed by atoms with van der Waals surface area (Å²) in [6.45, 7) is 8.02. The molecule has 1 atom stereocenters. The Kier molecular flexibility index (Phi) is 4.85. The minimum atomic E-state index is -0.166. The number of thiazole rings is 1. The fourth-order valence-electron chi connectivity index (χ4n) is 6.66. The van der Waals surface area contributed by atoms with Crippen LogP contribution in [0.5, 0.6) is 0 Å². The summed E-state index contributed by atoms with van der Waals surface area (Å²) in [6.07, 6.45) is 6.06. The lowest BCUT2D eigenvalue weighted by atomic mass is 9.73. The van der Waals surface area contributed by atoms with E-state index in [0.29, 0.717) is 22.7 Å². The van der Waals surface area contributed by atoms with Gasteiger partial charge in [0.1, 0.15) is 11.1 Å². The highest BCUT2D eigenvalue weighted by Gasteiger charge is 2.46. The number of nitrogens with one attached hydrogen (secondary N) is 2. The number of nitrogens with zero attached hydrogens (tertiary/aromatic N) is 4. The molecule has 4 heterocycles. The number of aromatic amines is 2. The first kappa shape index (κ1) is 22.9. The fourth-order valence-corrected chi connectivity index (χ4v) is 7.61. The maximum absolute atomic E-state index is 13.5. The van der Waals surface area contributed by atoms with Crippen molar-refractivity contribution >= 4 is 33.9 Å².